The Balaban J connectivity index is 1.83. The first kappa shape index (κ1) is 19.8. The van der Waals surface area contributed by atoms with E-state index in [-0.39, 0.29) is 5.41 Å². The van der Waals surface area contributed by atoms with Gasteiger partial charge in [0.2, 0.25) is 5.89 Å². The zero-order chi connectivity index (χ0) is 20.8. The maximum Gasteiger partial charge on any atom is 0.227 e. The summed E-state index contributed by atoms with van der Waals surface area (Å²) in [6.45, 7) is 9.99. The second-order valence-corrected chi connectivity index (χ2v) is 8.98. The van der Waals surface area contributed by atoms with Crippen LogP contribution < -0.4 is 0 Å². The molecule has 0 aliphatic carbocycles. The van der Waals surface area contributed by atoms with E-state index in [0.29, 0.717) is 11.8 Å². The quantitative estimate of drug-likeness (QED) is 0.700. The van der Waals surface area contributed by atoms with Crippen LogP contribution in [0.1, 0.15) is 49.1 Å². The number of aliphatic hydroxyl groups is 1. The van der Waals surface area contributed by atoms with E-state index in [2.05, 4.69) is 67.0 Å². The van der Waals surface area contributed by atoms with Crippen LogP contribution in [0.15, 0.2) is 53.4 Å². The fourth-order valence-electron chi connectivity index (χ4n) is 4.59. The Labute approximate surface area is 172 Å². The van der Waals surface area contributed by atoms with Gasteiger partial charge in [0.15, 0.2) is 0 Å². The van der Waals surface area contributed by atoms with Crippen LogP contribution in [-0.4, -0.2) is 40.1 Å². The van der Waals surface area contributed by atoms with Crippen molar-refractivity contribution in [3.8, 4) is 11.5 Å². The summed E-state index contributed by atoms with van der Waals surface area (Å²) in [4.78, 5) is 11.1. The van der Waals surface area contributed by atoms with Gasteiger partial charge in [-0.2, -0.15) is 0 Å². The van der Waals surface area contributed by atoms with Gasteiger partial charge in [-0.1, -0.05) is 45.0 Å². The van der Waals surface area contributed by atoms with Crippen LogP contribution in [0.4, 0.5) is 0 Å². The van der Waals surface area contributed by atoms with E-state index in [1.54, 1.807) is 18.7 Å². The minimum Gasteiger partial charge on any atom is -0.444 e. The minimum atomic E-state index is -1.17. The molecule has 1 atom stereocenters. The van der Waals surface area contributed by atoms with Crippen LogP contribution >= 0.6 is 0 Å². The van der Waals surface area contributed by atoms with Crippen LogP contribution in [0.3, 0.4) is 0 Å². The predicted molar refractivity (Wildman–Crippen MR) is 114 cm³/mol. The molecule has 1 aliphatic heterocycles. The van der Waals surface area contributed by atoms with Gasteiger partial charge in [0.25, 0.3) is 0 Å². The van der Waals surface area contributed by atoms with Crippen LogP contribution in [0.5, 0.6) is 0 Å². The molecule has 3 heterocycles. The molecule has 1 aromatic carbocycles. The predicted octanol–water partition coefficient (Wildman–Crippen LogP) is 4.36. The summed E-state index contributed by atoms with van der Waals surface area (Å²) in [5.74, 6) is 0.964. The average Bonchev–Trinajstić information content (AvgIpc) is 3.13. The molecule has 1 unspecified atom stereocenters. The number of hydrogen-bond acceptors (Lipinski definition) is 5. The van der Waals surface area contributed by atoms with Crippen molar-refractivity contribution in [3.63, 3.8) is 0 Å². The van der Waals surface area contributed by atoms with E-state index in [1.807, 2.05) is 13.0 Å². The molecule has 1 aliphatic rings. The fraction of sp³-hybridized carbons (Fsp3) is 0.417. The third kappa shape index (κ3) is 3.28. The van der Waals surface area contributed by atoms with Crippen molar-refractivity contribution in [2.24, 2.45) is 5.41 Å². The molecule has 152 valence electrons. The lowest BCUT2D eigenvalue weighted by molar-refractivity contribution is -0.127. The number of oxazole rings is 1. The number of pyridine rings is 1. The molecule has 29 heavy (non-hydrogen) atoms. The zero-order valence-corrected chi connectivity index (χ0v) is 17.8. The molecule has 1 N–H and O–H groups in total. The first-order valence-corrected chi connectivity index (χ1v) is 10.1. The summed E-state index contributed by atoms with van der Waals surface area (Å²) in [6.07, 6.45) is 5.12. The molecule has 0 amide bonds. The summed E-state index contributed by atoms with van der Waals surface area (Å²) in [6, 6.07) is 10.3. The Bertz CT molecular complexity index is 1000. The van der Waals surface area contributed by atoms with Crippen LogP contribution in [0.2, 0.25) is 0 Å². The summed E-state index contributed by atoms with van der Waals surface area (Å²) in [5, 5.41) is 12.2. The summed E-state index contributed by atoms with van der Waals surface area (Å²) in [5.41, 5.74) is 3.00. The van der Waals surface area contributed by atoms with Crippen molar-refractivity contribution in [1.82, 2.24) is 14.9 Å². The Kier molecular flexibility index (Phi) is 4.83. The van der Waals surface area contributed by atoms with Gasteiger partial charge in [-0.25, -0.2) is 4.98 Å². The van der Waals surface area contributed by atoms with E-state index < -0.39 is 5.60 Å². The van der Waals surface area contributed by atoms with Gasteiger partial charge in [-0.05, 0) is 37.1 Å². The first-order valence-electron chi connectivity index (χ1n) is 10.1. The van der Waals surface area contributed by atoms with Gasteiger partial charge >= 0.3 is 0 Å². The van der Waals surface area contributed by atoms with E-state index in [9.17, 15) is 5.11 Å². The van der Waals surface area contributed by atoms with Gasteiger partial charge in [0.05, 0.1) is 11.3 Å². The number of hydrogen-bond donors (Lipinski definition) is 1. The number of aromatic nitrogens is 2. The Morgan fingerprint density at radius 1 is 1.14 bits per heavy atom. The highest BCUT2D eigenvalue weighted by Crippen LogP contribution is 2.50. The molecule has 5 heteroatoms. The van der Waals surface area contributed by atoms with Gasteiger partial charge in [0, 0.05) is 36.5 Å². The molecular weight excluding hydrogens is 362 g/mol. The third-order valence-electron chi connectivity index (χ3n) is 6.13. The van der Waals surface area contributed by atoms with Crippen LogP contribution in [-0.2, 0) is 5.60 Å². The normalized spacial score (nSPS) is 18.4. The van der Waals surface area contributed by atoms with Gasteiger partial charge in [-0.3, -0.25) is 4.98 Å². The smallest absolute Gasteiger partial charge is 0.227 e. The van der Waals surface area contributed by atoms with Crippen molar-refractivity contribution in [3.05, 3.63) is 71.4 Å². The molecule has 0 radical (unpaired) electrons. The topological polar surface area (TPSA) is 62.4 Å². The maximum atomic E-state index is 12.2. The Morgan fingerprint density at radius 3 is 2.38 bits per heavy atom. The molecule has 0 bridgehead atoms. The molecule has 5 nitrogen and oxygen atoms in total. The van der Waals surface area contributed by atoms with E-state index in [4.69, 9.17) is 4.42 Å². The zero-order valence-electron chi connectivity index (χ0n) is 17.8. The standard InChI is InChI=1S/C24H29N3O2/c1-16(2)18-6-8-20(9-7-18)24(28,23(4)14-27(5)15-23)21-10-19(11-25-12-21)22-26-17(3)13-29-22/h6-13,16,28H,14-15H2,1-5H3. The molecular formula is C24H29N3O2. The highest BCUT2D eigenvalue weighted by molar-refractivity contribution is 5.55. The lowest BCUT2D eigenvalue weighted by Gasteiger charge is -2.55. The van der Waals surface area contributed by atoms with Crippen molar-refractivity contribution < 1.29 is 9.52 Å². The molecule has 1 saturated heterocycles. The molecule has 4 rings (SSSR count). The summed E-state index contributed by atoms with van der Waals surface area (Å²) in [7, 11) is 2.08. The van der Waals surface area contributed by atoms with Crippen LogP contribution in [0.25, 0.3) is 11.5 Å². The van der Waals surface area contributed by atoms with E-state index in [1.165, 1.54) is 5.56 Å². The van der Waals surface area contributed by atoms with Crippen molar-refractivity contribution in [1.29, 1.82) is 0 Å². The first-order chi connectivity index (χ1) is 13.7. The SMILES string of the molecule is Cc1coc(-c2cncc(C(O)(c3ccc(C(C)C)cc3)C3(C)CN(C)C3)c2)n1. The van der Waals surface area contributed by atoms with Crippen LogP contribution in [0, 0.1) is 12.3 Å². The highest BCUT2D eigenvalue weighted by Gasteiger charge is 2.55. The van der Waals surface area contributed by atoms with Gasteiger partial charge in [0.1, 0.15) is 11.9 Å². The fourth-order valence-corrected chi connectivity index (χ4v) is 4.59. The second-order valence-electron chi connectivity index (χ2n) is 8.98. The number of aryl methyl sites for hydroxylation is 1. The van der Waals surface area contributed by atoms with Crippen molar-refractivity contribution in [2.45, 2.75) is 39.2 Å². The lowest BCUT2D eigenvalue weighted by Crippen LogP contribution is -2.63. The Hall–Kier alpha value is -2.50. The molecule has 3 aromatic rings. The largest absolute Gasteiger partial charge is 0.444 e. The van der Waals surface area contributed by atoms with Gasteiger partial charge < -0.3 is 14.4 Å². The van der Waals surface area contributed by atoms with E-state index in [0.717, 1.165) is 35.5 Å². The molecule has 2 aromatic heterocycles. The second kappa shape index (κ2) is 7.08. The van der Waals surface area contributed by atoms with E-state index >= 15 is 0 Å². The molecule has 1 fully saturated rings. The summed E-state index contributed by atoms with van der Waals surface area (Å²) >= 11 is 0. The number of rotatable bonds is 5. The average molecular weight is 392 g/mol. The van der Waals surface area contributed by atoms with Crippen molar-refractivity contribution >= 4 is 0 Å². The molecule has 0 spiro atoms. The summed E-state index contributed by atoms with van der Waals surface area (Å²) < 4.78 is 5.57. The monoisotopic (exact) mass is 391 g/mol. The van der Waals surface area contributed by atoms with Gasteiger partial charge in [-0.15, -0.1) is 0 Å². The van der Waals surface area contributed by atoms with Crippen molar-refractivity contribution in [2.75, 3.05) is 20.1 Å². The molecule has 0 saturated carbocycles. The minimum absolute atomic E-state index is 0.325. The highest BCUT2D eigenvalue weighted by atomic mass is 16.3. The number of likely N-dealkylation sites (tertiary alicyclic amines) is 1. The third-order valence-corrected chi connectivity index (χ3v) is 6.13. The number of nitrogens with zero attached hydrogens (tertiary/aromatic N) is 3. The number of benzene rings is 1. The maximum absolute atomic E-state index is 12.2. The lowest BCUT2D eigenvalue weighted by atomic mass is 9.62. The Morgan fingerprint density at radius 2 is 1.83 bits per heavy atom.